The molecule has 4 N–H and O–H groups in total. The van der Waals surface area contributed by atoms with Gasteiger partial charge in [0, 0.05) is 24.3 Å². The van der Waals surface area contributed by atoms with E-state index in [0.717, 1.165) is 32.4 Å². The molecule has 136 heavy (non-hydrogen) atoms. The van der Waals surface area contributed by atoms with E-state index in [1.807, 2.05) is 91.9 Å². The first-order valence-corrected chi connectivity index (χ1v) is 47.6. The average molecular weight is 2070 g/mol. The number of non-ortho nitro benzene ring substituents is 1. The SMILES string of the molecule is C[C@H](NP(=O)(Oc1ccccc1)Oc1c([N+](=O)[O-])cccc1C(F)(F)F)C(=O)OCc1ccccc1.C[C@H](NP(=O)(Oc1ccccc1)Oc1ccc(C(F)(F)F)cc1[N+](=O)[O-])C(=O)OCc1ccccc1.Cc1cc([N+](=O)[O-])ccc1OP(=O)(N[C@@H](C)C(=O)OCc1ccccc1)Oc1ccccc1.Cc1cccc(I)c1OP(=O)(N[C@@H](C)C(=O)OCc1ccccc1)Oc1ccccc1. The van der Waals surface area contributed by atoms with Gasteiger partial charge < -0.3 is 55.1 Å². The first-order valence-electron chi connectivity index (χ1n) is 40.4. The number of carbonyl (C=O) groups is 4. The summed E-state index contributed by atoms with van der Waals surface area (Å²) in [4.78, 5) is 81.1. The summed E-state index contributed by atoms with van der Waals surface area (Å²) in [6.45, 7) is 8.93. The maximum Gasteiger partial charge on any atom is 0.513 e. The predicted octanol–water partition coefficient (Wildman–Crippen LogP) is 22.9. The Labute approximate surface area is 788 Å². The Kier molecular flexibility index (Phi) is 38.9. The number of halogens is 7. The third kappa shape index (κ3) is 34.0. The highest BCUT2D eigenvalue weighted by atomic mass is 127. The zero-order chi connectivity index (χ0) is 98.8. The number of carbonyl (C=O) groups excluding carboxylic acids is 4. The molecule has 0 saturated heterocycles. The first kappa shape index (κ1) is 106. The standard InChI is InChI=1S/2C23H20F3N2O7P.C23H23INO5P.C23H23N2O7P/c1-16(22(29)33-15-17-9-4-2-5-10-17)27-36(32,34-18-11-6-3-7-12-18)35-21-19(23(24,25)26)13-8-14-20(21)28(30)31;1-16(22(29)33-15-17-8-4-2-5-9-17)27-36(32,34-19-10-6-3-7-11-19)35-21-13-12-18(23(24,25)26)14-20(21)28(30)31;1-17-10-9-15-21(24)22(17)30-31(27,29-20-13-7-4-8-14-20)25-18(2)23(26)28-16-19-11-5-3-6-12-19;1-17-15-20(25(27)28)13-14-22(17)32-33(29,31-21-11-7-4-8-12-21)24-18(2)23(26)30-16-19-9-5-3-6-10-19/h2*2-14,16H,15H2,1H3,(H,27,32);3-15,18H,16H2,1-2H3,(H,25,27);3-15,18H,16H2,1-2H3,(H,24,29)/t2*16-,36?;18-,31?;18-,33?/m0000/s1. The summed E-state index contributed by atoms with van der Waals surface area (Å²) in [5.74, 6) is -4.02. The van der Waals surface area contributed by atoms with Gasteiger partial charge in [-0.2, -0.15) is 46.7 Å². The molecular weight excluding hydrogens is 1980 g/mol. The van der Waals surface area contributed by atoms with E-state index in [1.54, 1.807) is 141 Å². The maximum absolute atomic E-state index is 13.7. The summed E-state index contributed by atoms with van der Waals surface area (Å²) in [5, 5.41) is 43.7. The van der Waals surface area contributed by atoms with Crippen LogP contribution >= 0.6 is 53.6 Å². The molecule has 8 atom stereocenters. The van der Waals surface area contributed by atoms with Crippen LogP contribution in [0, 0.1) is 47.8 Å². The van der Waals surface area contributed by atoms with E-state index in [-0.39, 0.29) is 61.2 Å². The van der Waals surface area contributed by atoms with Crippen molar-refractivity contribution in [3.8, 4) is 46.0 Å². The van der Waals surface area contributed by atoms with Crippen molar-refractivity contribution in [3.63, 3.8) is 0 Å². The molecule has 0 fully saturated rings. The first-order chi connectivity index (χ1) is 64.6. The molecule has 12 rings (SSSR count). The Bertz CT molecular complexity index is 6210. The second-order valence-corrected chi connectivity index (χ2v) is 36.3. The monoisotopic (exact) mass is 2070 g/mol. The highest BCUT2D eigenvalue weighted by Crippen LogP contribution is 2.54. The quantitative estimate of drug-likeness (QED) is 0.00529. The lowest BCUT2D eigenvalue weighted by atomic mass is 10.1. The van der Waals surface area contributed by atoms with Crippen LogP contribution in [0.25, 0.3) is 0 Å². The van der Waals surface area contributed by atoms with Crippen molar-refractivity contribution >= 4 is 94.5 Å². The van der Waals surface area contributed by atoms with E-state index < -0.39 is 140 Å². The van der Waals surface area contributed by atoms with Crippen LogP contribution in [-0.2, 0) is 95.2 Å². The largest absolute Gasteiger partial charge is 0.513 e. The van der Waals surface area contributed by atoms with Gasteiger partial charge in [0.1, 0.15) is 90.7 Å². The van der Waals surface area contributed by atoms with Crippen molar-refractivity contribution in [2.75, 3.05) is 0 Å². The van der Waals surface area contributed by atoms with Crippen LogP contribution in [0.15, 0.2) is 315 Å². The molecule has 44 heteroatoms. The van der Waals surface area contributed by atoms with Crippen molar-refractivity contribution in [2.45, 2.75) is 104 Å². The Morgan fingerprint density at radius 2 is 0.632 bits per heavy atom. The normalized spacial score (nSPS) is 13.7. The van der Waals surface area contributed by atoms with Crippen molar-refractivity contribution in [1.82, 2.24) is 20.3 Å². The number of para-hydroxylation sites is 6. The smallest absolute Gasteiger partial charge is 0.460 e. The molecule has 0 radical (unpaired) electrons. The van der Waals surface area contributed by atoms with E-state index >= 15 is 0 Å². The van der Waals surface area contributed by atoms with Crippen LogP contribution < -0.4 is 56.5 Å². The van der Waals surface area contributed by atoms with Gasteiger partial charge in [0.25, 0.3) is 5.69 Å². The number of nitrogens with zero attached hydrogens (tertiary/aromatic N) is 3. The number of aryl methyl sites for hydroxylation is 2. The van der Waals surface area contributed by atoms with Gasteiger partial charge in [-0.15, -0.1) is 0 Å². The average Bonchev–Trinajstić information content (AvgIpc) is 0.785. The number of esters is 4. The van der Waals surface area contributed by atoms with E-state index in [0.29, 0.717) is 46.4 Å². The summed E-state index contributed by atoms with van der Waals surface area (Å²) in [5.41, 5.74) is -0.980. The van der Waals surface area contributed by atoms with E-state index in [1.165, 1.54) is 87.5 Å². The van der Waals surface area contributed by atoms with Crippen LogP contribution in [0.1, 0.15) is 72.2 Å². The summed E-state index contributed by atoms with van der Waals surface area (Å²) < 4.78 is 200. The molecule has 0 aliphatic carbocycles. The van der Waals surface area contributed by atoms with Crippen LogP contribution in [-0.4, -0.2) is 62.8 Å². The minimum absolute atomic E-state index is 0.00718. The number of benzene rings is 12. The van der Waals surface area contributed by atoms with Gasteiger partial charge in [0.05, 0.1) is 23.9 Å². The minimum atomic E-state index is -5.08. The number of rotatable bonds is 39. The van der Waals surface area contributed by atoms with Crippen LogP contribution in [0.2, 0.25) is 0 Å². The molecular formula is C92H86F6IN7O26P4. The summed E-state index contributed by atoms with van der Waals surface area (Å²) in [7, 11) is -17.6. The Balaban J connectivity index is 0.000000204. The van der Waals surface area contributed by atoms with Gasteiger partial charge >= 0.3 is 78.6 Å². The van der Waals surface area contributed by atoms with Gasteiger partial charge in [-0.05, 0) is 176 Å². The lowest BCUT2D eigenvalue weighted by Gasteiger charge is -2.24. The Morgan fingerprint density at radius 3 is 0.934 bits per heavy atom. The second kappa shape index (κ2) is 50.0. The number of nitro groups is 3. The van der Waals surface area contributed by atoms with E-state index in [2.05, 4.69) is 42.9 Å². The van der Waals surface area contributed by atoms with Gasteiger partial charge in [-0.1, -0.05) is 212 Å². The lowest BCUT2D eigenvalue weighted by molar-refractivity contribution is -0.385. The second-order valence-electron chi connectivity index (χ2n) is 28.7. The fraction of sp³-hybridized carbons (Fsp3) is 0.174. The number of hydrogen-bond acceptors (Lipinski definition) is 26. The number of hydrogen-bond donors (Lipinski definition) is 4. The van der Waals surface area contributed by atoms with Crippen LogP contribution in [0.4, 0.5) is 43.4 Å². The number of ether oxygens (including phenoxy) is 4. The third-order valence-corrected chi connectivity index (χ3v) is 25.2. The zero-order valence-corrected chi connectivity index (χ0v) is 78.3. The number of nitro benzene ring substituents is 3. The van der Waals surface area contributed by atoms with E-state index in [9.17, 15) is 94.1 Å². The van der Waals surface area contributed by atoms with Gasteiger partial charge in [-0.25, -0.2) is 18.3 Å². The molecule has 33 nitrogen and oxygen atoms in total. The summed E-state index contributed by atoms with van der Waals surface area (Å²) >= 11 is 2.10. The molecule has 12 aromatic carbocycles. The number of alkyl halides is 6. The molecule has 714 valence electrons. The van der Waals surface area contributed by atoms with E-state index in [4.69, 9.17) is 55.1 Å². The molecule has 0 heterocycles. The van der Waals surface area contributed by atoms with Crippen LogP contribution in [0.5, 0.6) is 46.0 Å². The fourth-order valence-electron chi connectivity index (χ4n) is 11.3. The molecule has 0 saturated carbocycles. The Morgan fingerprint density at radius 1 is 0.331 bits per heavy atom. The van der Waals surface area contributed by atoms with Crippen molar-refractivity contribution < 1.29 is 134 Å². The van der Waals surface area contributed by atoms with Crippen LogP contribution in [0.3, 0.4) is 0 Å². The van der Waals surface area contributed by atoms with Gasteiger partial charge in [0.2, 0.25) is 11.5 Å². The molecule has 0 aliphatic rings. The predicted molar refractivity (Wildman–Crippen MR) is 494 cm³/mol. The topological polar surface area (TPSA) is 425 Å². The lowest BCUT2D eigenvalue weighted by Crippen LogP contribution is -2.36. The molecule has 0 spiro atoms. The summed E-state index contributed by atoms with van der Waals surface area (Å²) in [6, 6.07) is 75.8. The van der Waals surface area contributed by atoms with Crippen molar-refractivity contribution in [3.05, 3.63) is 394 Å². The fourth-order valence-corrected chi connectivity index (χ4v) is 18.5. The number of nitrogens with one attached hydrogen (secondary N) is 4. The Hall–Kier alpha value is -13.8. The molecule has 0 aliphatic heterocycles. The summed E-state index contributed by atoms with van der Waals surface area (Å²) in [6.07, 6.45) is -9.94. The highest BCUT2D eigenvalue weighted by Gasteiger charge is 2.45. The van der Waals surface area contributed by atoms with Crippen molar-refractivity contribution in [2.24, 2.45) is 0 Å². The minimum Gasteiger partial charge on any atom is -0.460 e. The van der Waals surface area contributed by atoms with Gasteiger partial charge in [0.15, 0.2) is 0 Å². The maximum atomic E-state index is 13.7. The molecule has 0 aromatic heterocycles. The zero-order valence-electron chi connectivity index (χ0n) is 72.6. The molecule has 0 amide bonds. The third-order valence-electron chi connectivity index (χ3n) is 18.0. The molecule has 4 unspecified atom stereocenters. The van der Waals surface area contributed by atoms with Crippen molar-refractivity contribution in [1.29, 1.82) is 0 Å². The molecule has 12 aromatic rings. The molecule has 0 bridgehead atoms. The van der Waals surface area contributed by atoms with Gasteiger partial charge in [-0.3, -0.25) is 49.5 Å². The highest BCUT2D eigenvalue weighted by molar-refractivity contribution is 14.1.